The molecular weight excluding hydrogens is 282 g/mol. The first kappa shape index (κ1) is 16.8. The summed E-state index contributed by atoms with van der Waals surface area (Å²) in [7, 11) is 1.57. The fourth-order valence-corrected chi connectivity index (χ4v) is 2.08. The number of thiocarbonyl (C=S) groups is 1. The number of methoxy groups -OCH3 is 1. The Morgan fingerprint density at radius 1 is 1.35 bits per heavy atom. The van der Waals surface area contributed by atoms with Crippen LogP contribution in [-0.4, -0.2) is 31.8 Å². The van der Waals surface area contributed by atoms with Crippen LogP contribution in [0, 0.1) is 17.6 Å². The summed E-state index contributed by atoms with van der Waals surface area (Å²) in [6, 6.07) is 2.92. The molecule has 0 saturated heterocycles. The number of hydrogen-bond donors (Lipinski definition) is 1. The molecule has 0 saturated carbocycles. The van der Waals surface area contributed by atoms with Crippen molar-refractivity contribution in [3.05, 3.63) is 29.3 Å². The highest BCUT2D eigenvalue weighted by Crippen LogP contribution is 2.25. The molecule has 0 aliphatic heterocycles. The Balaban J connectivity index is 3.13. The predicted octanol–water partition coefficient (Wildman–Crippen LogP) is 2.71. The summed E-state index contributed by atoms with van der Waals surface area (Å²) in [5, 5.41) is 0. The van der Waals surface area contributed by atoms with Gasteiger partial charge in [0.1, 0.15) is 4.99 Å². The number of hydrogen-bond acceptors (Lipinski definition) is 3. The van der Waals surface area contributed by atoms with E-state index in [-0.39, 0.29) is 16.2 Å². The Kier molecular flexibility index (Phi) is 6.29. The molecule has 0 heterocycles. The zero-order valence-corrected chi connectivity index (χ0v) is 12.8. The molecule has 0 unspecified atom stereocenters. The van der Waals surface area contributed by atoms with E-state index in [0.717, 1.165) is 0 Å². The fraction of sp³-hybridized carbons (Fsp3) is 0.500. The number of benzene rings is 1. The molecule has 0 amide bonds. The molecule has 0 spiro atoms. The van der Waals surface area contributed by atoms with Crippen LogP contribution < -0.4 is 10.6 Å². The maximum Gasteiger partial charge on any atom is 0.182 e. The SMILES string of the molecule is COCCN(CC(C)C)c1ccc(C(N)=S)c(F)c1F. The summed E-state index contributed by atoms with van der Waals surface area (Å²) in [6.45, 7) is 5.54. The van der Waals surface area contributed by atoms with Gasteiger partial charge in [-0.05, 0) is 18.1 Å². The number of rotatable bonds is 7. The van der Waals surface area contributed by atoms with E-state index >= 15 is 0 Å². The molecule has 0 aliphatic carbocycles. The van der Waals surface area contributed by atoms with Gasteiger partial charge in [0.15, 0.2) is 11.6 Å². The highest BCUT2D eigenvalue weighted by molar-refractivity contribution is 7.80. The van der Waals surface area contributed by atoms with Crippen molar-refractivity contribution in [1.82, 2.24) is 0 Å². The molecule has 112 valence electrons. The molecule has 1 aromatic carbocycles. The molecule has 0 aromatic heterocycles. The maximum absolute atomic E-state index is 14.2. The summed E-state index contributed by atoms with van der Waals surface area (Å²) >= 11 is 4.70. The molecule has 2 N–H and O–H groups in total. The Labute approximate surface area is 123 Å². The summed E-state index contributed by atoms with van der Waals surface area (Å²) in [6.07, 6.45) is 0. The monoisotopic (exact) mass is 302 g/mol. The molecule has 1 aromatic rings. The van der Waals surface area contributed by atoms with E-state index in [1.54, 1.807) is 12.0 Å². The Morgan fingerprint density at radius 3 is 2.50 bits per heavy atom. The van der Waals surface area contributed by atoms with Crippen molar-refractivity contribution >= 4 is 22.9 Å². The molecular formula is C14H20F2N2OS. The average molecular weight is 302 g/mol. The molecule has 0 atom stereocenters. The van der Waals surface area contributed by atoms with Crippen LogP contribution in [0.25, 0.3) is 0 Å². The van der Waals surface area contributed by atoms with Gasteiger partial charge in [0.25, 0.3) is 0 Å². The second-order valence-corrected chi connectivity index (χ2v) is 5.40. The normalized spacial score (nSPS) is 10.9. The predicted molar refractivity (Wildman–Crippen MR) is 81.2 cm³/mol. The Bertz CT molecular complexity index is 480. The summed E-state index contributed by atoms with van der Waals surface area (Å²) in [5.41, 5.74) is 5.49. The summed E-state index contributed by atoms with van der Waals surface area (Å²) in [4.78, 5) is 1.61. The molecule has 3 nitrogen and oxygen atoms in total. The van der Waals surface area contributed by atoms with E-state index in [2.05, 4.69) is 0 Å². The van der Waals surface area contributed by atoms with E-state index in [1.807, 2.05) is 13.8 Å². The molecule has 0 aliphatic rings. The summed E-state index contributed by atoms with van der Waals surface area (Å²) < 4.78 is 33.1. The quantitative estimate of drug-likeness (QED) is 0.786. The van der Waals surface area contributed by atoms with Crippen molar-refractivity contribution in [3.8, 4) is 0 Å². The Morgan fingerprint density at radius 2 is 2.00 bits per heavy atom. The van der Waals surface area contributed by atoms with E-state index in [1.165, 1.54) is 12.1 Å². The third-order valence-corrected chi connectivity index (χ3v) is 3.04. The van der Waals surface area contributed by atoms with Gasteiger partial charge in [-0.2, -0.15) is 0 Å². The van der Waals surface area contributed by atoms with Crippen molar-refractivity contribution < 1.29 is 13.5 Å². The van der Waals surface area contributed by atoms with Crippen LogP contribution in [0.4, 0.5) is 14.5 Å². The lowest BCUT2D eigenvalue weighted by Gasteiger charge is -2.27. The van der Waals surface area contributed by atoms with Crippen molar-refractivity contribution in [2.75, 3.05) is 31.7 Å². The third-order valence-electron chi connectivity index (χ3n) is 2.82. The van der Waals surface area contributed by atoms with Gasteiger partial charge in [-0.3, -0.25) is 0 Å². The first-order chi connectivity index (χ1) is 9.38. The topological polar surface area (TPSA) is 38.5 Å². The number of halogens is 2. The standard InChI is InChI=1S/C14H20F2N2OS/c1-9(2)8-18(6-7-19-3)11-5-4-10(14(17)20)12(15)13(11)16/h4-5,9H,6-8H2,1-3H3,(H2,17,20). The lowest BCUT2D eigenvalue weighted by Crippen LogP contribution is -2.32. The van der Waals surface area contributed by atoms with Crippen LogP contribution in [0.3, 0.4) is 0 Å². The largest absolute Gasteiger partial charge is 0.389 e. The minimum absolute atomic E-state index is 0.0718. The van der Waals surface area contributed by atoms with Crippen molar-refractivity contribution in [2.45, 2.75) is 13.8 Å². The fourth-order valence-electron chi connectivity index (χ4n) is 1.93. The van der Waals surface area contributed by atoms with Gasteiger partial charge in [0, 0.05) is 25.8 Å². The highest BCUT2D eigenvalue weighted by atomic mass is 32.1. The van der Waals surface area contributed by atoms with Gasteiger partial charge in [-0.15, -0.1) is 0 Å². The van der Waals surface area contributed by atoms with Crippen molar-refractivity contribution in [1.29, 1.82) is 0 Å². The molecule has 0 fully saturated rings. The first-order valence-electron chi connectivity index (χ1n) is 6.40. The number of ether oxygens (including phenoxy) is 1. The van der Waals surface area contributed by atoms with Crippen LogP contribution in [0.1, 0.15) is 19.4 Å². The van der Waals surface area contributed by atoms with Crippen LogP contribution in [0.2, 0.25) is 0 Å². The molecule has 20 heavy (non-hydrogen) atoms. The number of anilines is 1. The number of nitrogens with zero attached hydrogens (tertiary/aromatic N) is 1. The minimum atomic E-state index is -0.999. The molecule has 1 rings (SSSR count). The van der Waals surface area contributed by atoms with E-state index in [4.69, 9.17) is 22.7 Å². The third kappa shape index (κ3) is 4.11. The minimum Gasteiger partial charge on any atom is -0.389 e. The van der Waals surface area contributed by atoms with Gasteiger partial charge in [0.2, 0.25) is 0 Å². The molecule has 6 heteroatoms. The van der Waals surface area contributed by atoms with E-state index in [0.29, 0.717) is 25.6 Å². The van der Waals surface area contributed by atoms with Gasteiger partial charge >= 0.3 is 0 Å². The van der Waals surface area contributed by atoms with Crippen LogP contribution >= 0.6 is 12.2 Å². The zero-order valence-electron chi connectivity index (χ0n) is 12.0. The van der Waals surface area contributed by atoms with Crippen LogP contribution in [0.5, 0.6) is 0 Å². The van der Waals surface area contributed by atoms with Crippen molar-refractivity contribution in [3.63, 3.8) is 0 Å². The number of nitrogens with two attached hydrogens (primary N) is 1. The van der Waals surface area contributed by atoms with Gasteiger partial charge in [-0.1, -0.05) is 26.1 Å². The van der Waals surface area contributed by atoms with E-state index in [9.17, 15) is 8.78 Å². The Hall–Kier alpha value is -1.27. The lowest BCUT2D eigenvalue weighted by molar-refractivity contribution is 0.204. The zero-order chi connectivity index (χ0) is 15.3. The molecule has 0 radical (unpaired) electrons. The van der Waals surface area contributed by atoms with Gasteiger partial charge < -0.3 is 15.4 Å². The maximum atomic E-state index is 14.2. The second kappa shape index (κ2) is 7.50. The lowest BCUT2D eigenvalue weighted by atomic mass is 10.1. The van der Waals surface area contributed by atoms with Gasteiger partial charge in [0.05, 0.1) is 12.3 Å². The average Bonchev–Trinajstić information content (AvgIpc) is 2.37. The first-order valence-corrected chi connectivity index (χ1v) is 6.81. The van der Waals surface area contributed by atoms with Crippen LogP contribution in [-0.2, 0) is 4.74 Å². The van der Waals surface area contributed by atoms with Crippen molar-refractivity contribution in [2.24, 2.45) is 11.7 Å². The van der Waals surface area contributed by atoms with Crippen LogP contribution in [0.15, 0.2) is 12.1 Å². The van der Waals surface area contributed by atoms with E-state index < -0.39 is 11.6 Å². The van der Waals surface area contributed by atoms with Gasteiger partial charge in [-0.25, -0.2) is 8.78 Å². The summed E-state index contributed by atoms with van der Waals surface area (Å²) in [5.74, 6) is -1.61. The second-order valence-electron chi connectivity index (χ2n) is 4.96. The smallest absolute Gasteiger partial charge is 0.182 e. The highest BCUT2D eigenvalue weighted by Gasteiger charge is 2.19. The molecule has 0 bridgehead atoms.